The van der Waals surface area contributed by atoms with Crippen molar-refractivity contribution in [2.75, 3.05) is 41.0 Å². The second-order valence-electron chi connectivity index (χ2n) is 19.8. The average molecular weight is 928 g/mol. The maximum atomic E-state index is 12.8. The SMILES string of the molecule is CC/C=C/C/C=C/C/C=C/C/C=C/CCCCCCCCC(=O)OCC(COCCC(C(=O)[O-])[N+](C)(C)C)OC(=O)CCCCCCCCCCCCCCCCCCCCCCCCC. The number of nitrogens with zero attached hydrogens (tertiary/aromatic N) is 1. The van der Waals surface area contributed by atoms with Crippen molar-refractivity contribution in [1.29, 1.82) is 0 Å². The zero-order valence-corrected chi connectivity index (χ0v) is 43.9. The highest BCUT2D eigenvalue weighted by atomic mass is 16.6. The van der Waals surface area contributed by atoms with Crippen molar-refractivity contribution in [2.45, 2.75) is 264 Å². The van der Waals surface area contributed by atoms with Crippen LogP contribution < -0.4 is 5.11 Å². The van der Waals surface area contributed by atoms with Crippen LogP contribution in [0.25, 0.3) is 0 Å². The number of carboxylic acids is 1. The molecule has 2 atom stereocenters. The molecule has 0 fully saturated rings. The number of esters is 2. The zero-order valence-electron chi connectivity index (χ0n) is 43.9. The number of likely N-dealkylation sites (N-methyl/N-ethyl adjacent to an activating group) is 1. The monoisotopic (exact) mass is 928 g/mol. The van der Waals surface area contributed by atoms with Crippen molar-refractivity contribution in [3.8, 4) is 0 Å². The molecule has 0 N–H and O–H groups in total. The van der Waals surface area contributed by atoms with Crippen molar-refractivity contribution < 1.29 is 38.2 Å². The minimum atomic E-state index is -1.12. The van der Waals surface area contributed by atoms with E-state index in [0.717, 1.165) is 77.0 Å². The Kier molecular flexibility index (Phi) is 46.7. The van der Waals surface area contributed by atoms with E-state index in [4.69, 9.17) is 14.2 Å². The lowest BCUT2D eigenvalue weighted by molar-refractivity contribution is -0.889. The number of unbranched alkanes of at least 4 members (excludes halogenated alkanes) is 28. The summed E-state index contributed by atoms with van der Waals surface area (Å²) in [4.78, 5) is 37.1. The smallest absolute Gasteiger partial charge is 0.306 e. The van der Waals surface area contributed by atoms with E-state index in [0.29, 0.717) is 12.8 Å². The van der Waals surface area contributed by atoms with E-state index in [2.05, 4.69) is 62.5 Å². The molecule has 384 valence electrons. The van der Waals surface area contributed by atoms with Gasteiger partial charge in [-0.05, 0) is 51.4 Å². The van der Waals surface area contributed by atoms with Crippen LogP contribution in [0.15, 0.2) is 48.6 Å². The van der Waals surface area contributed by atoms with E-state index in [1.54, 1.807) is 21.1 Å². The Balaban J connectivity index is 4.18. The van der Waals surface area contributed by atoms with Crippen molar-refractivity contribution in [3.05, 3.63) is 48.6 Å². The topological polar surface area (TPSA) is 102 Å². The van der Waals surface area contributed by atoms with E-state index in [-0.39, 0.29) is 42.7 Å². The van der Waals surface area contributed by atoms with Crippen LogP contribution in [0, 0.1) is 0 Å². The number of hydrogen-bond donors (Lipinski definition) is 0. The summed E-state index contributed by atoms with van der Waals surface area (Å²) in [7, 11) is 5.42. The van der Waals surface area contributed by atoms with Crippen LogP contribution in [0.5, 0.6) is 0 Å². The van der Waals surface area contributed by atoms with Gasteiger partial charge in [0.25, 0.3) is 0 Å². The van der Waals surface area contributed by atoms with Gasteiger partial charge in [0, 0.05) is 19.3 Å². The van der Waals surface area contributed by atoms with E-state index >= 15 is 0 Å². The molecule has 0 aromatic heterocycles. The number of allylic oxidation sites excluding steroid dienone is 8. The van der Waals surface area contributed by atoms with Crippen LogP contribution in [0.4, 0.5) is 0 Å². The third-order valence-electron chi connectivity index (χ3n) is 12.5. The summed E-state index contributed by atoms with van der Waals surface area (Å²) in [6, 6.07) is -0.729. The van der Waals surface area contributed by atoms with E-state index in [1.807, 2.05) is 0 Å². The quantitative estimate of drug-likeness (QED) is 0.0259. The van der Waals surface area contributed by atoms with Gasteiger partial charge >= 0.3 is 11.9 Å². The summed E-state index contributed by atoms with van der Waals surface area (Å²) < 4.78 is 17.3. The molecule has 0 amide bonds. The molecule has 0 aromatic rings. The fraction of sp³-hybridized carbons (Fsp3) is 0.810. The standard InChI is InChI=1S/C58H105NO7/c1-6-8-10-12-14-16-18-20-22-24-26-27-28-29-31-33-35-37-39-41-43-45-47-49-57(61)66-54(52-64-51-50-55(58(62)63)59(3,4)5)53-65-56(60)48-46-44-42-40-38-36-34-32-30-25-23-21-19-17-15-13-11-9-7-2/h9,11,15,17,21,23,30,32,54-55H,6-8,10,12-14,16,18-20,22,24-29,31,33-53H2,1-5H3/b11-9+,17-15+,23-21+,32-30+. The molecular formula is C58H105NO7. The van der Waals surface area contributed by atoms with Gasteiger partial charge in [-0.15, -0.1) is 0 Å². The van der Waals surface area contributed by atoms with Crippen LogP contribution in [0.2, 0.25) is 0 Å². The number of rotatable bonds is 50. The van der Waals surface area contributed by atoms with Gasteiger partial charge in [0.05, 0.1) is 40.3 Å². The van der Waals surface area contributed by atoms with Gasteiger partial charge in [0.2, 0.25) is 0 Å². The normalized spacial score (nSPS) is 13.2. The van der Waals surface area contributed by atoms with E-state index in [1.165, 1.54) is 141 Å². The number of hydrogen-bond acceptors (Lipinski definition) is 7. The van der Waals surface area contributed by atoms with Crippen molar-refractivity contribution in [1.82, 2.24) is 0 Å². The molecule has 0 spiro atoms. The number of aliphatic carboxylic acids is 1. The number of quaternary nitrogens is 1. The number of carbonyl (C=O) groups is 3. The predicted molar refractivity (Wildman–Crippen MR) is 277 cm³/mol. The molecule has 66 heavy (non-hydrogen) atoms. The molecule has 8 nitrogen and oxygen atoms in total. The predicted octanol–water partition coefficient (Wildman–Crippen LogP) is 15.0. The number of ether oxygens (including phenoxy) is 3. The minimum Gasteiger partial charge on any atom is -0.544 e. The van der Waals surface area contributed by atoms with Crippen molar-refractivity contribution in [2.24, 2.45) is 0 Å². The molecule has 0 rings (SSSR count). The van der Waals surface area contributed by atoms with Crippen LogP contribution in [0.1, 0.15) is 251 Å². The molecule has 0 bridgehead atoms. The highest BCUT2D eigenvalue weighted by Crippen LogP contribution is 2.17. The van der Waals surface area contributed by atoms with Gasteiger partial charge in [-0.2, -0.15) is 0 Å². The Morgan fingerprint density at radius 2 is 0.848 bits per heavy atom. The number of carboxylic acid groups (broad SMARTS) is 1. The molecule has 0 radical (unpaired) electrons. The lowest BCUT2D eigenvalue weighted by Gasteiger charge is -2.34. The Hall–Kier alpha value is -2.71. The minimum absolute atomic E-state index is 0.0379. The van der Waals surface area contributed by atoms with Gasteiger partial charge < -0.3 is 28.6 Å². The van der Waals surface area contributed by atoms with Crippen molar-refractivity contribution >= 4 is 17.9 Å². The Bertz CT molecular complexity index is 1220. The lowest BCUT2D eigenvalue weighted by Crippen LogP contribution is -2.55. The first-order valence-electron chi connectivity index (χ1n) is 27.7. The van der Waals surface area contributed by atoms with Crippen LogP contribution in [0.3, 0.4) is 0 Å². The molecule has 2 unspecified atom stereocenters. The average Bonchev–Trinajstić information content (AvgIpc) is 3.28. The summed E-state index contributed by atoms with van der Waals surface area (Å²) in [5, 5.41) is 11.7. The third kappa shape index (κ3) is 46.4. The highest BCUT2D eigenvalue weighted by Gasteiger charge is 2.25. The van der Waals surface area contributed by atoms with Crippen LogP contribution in [-0.4, -0.2) is 75.5 Å². The van der Waals surface area contributed by atoms with E-state index in [9.17, 15) is 19.5 Å². The van der Waals surface area contributed by atoms with Crippen LogP contribution in [-0.2, 0) is 28.6 Å². The number of carbonyl (C=O) groups excluding carboxylic acids is 3. The molecular weight excluding hydrogens is 823 g/mol. The first-order valence-corrected chi connectivity index (χ1v) is 27.7. The summed E-state index contributed by atoms with van der Waals surface area (Å²) in [6.45, 7) is 4.57. The second-order valence-corrected chi connectivity index (χ2v) is 19.8. The molecule has 8 heteroatoms. The van der Waals surface area contributed by atoms with Crippen LogP contribution >= 0.6 is 0 Å². The molecule has 0 aromatic carbocycles. The molecule has 0 saturated heterocycles. The molecule has 0 heterocycles. The Morgan fingerprint density at radius 1 is 0.470 bits per heavy atom. The summed E-state index contributed by atoms with van der Waals surface area (Å²) in [5.74, 6) is -1.74. The molecule has 0 saturated carbocycles. The fourth-order valence-corrected chi connectivity index (χ4v) is 8.24. The Morgan fingerprint density at radius 3 is 1.26 bits per heavy atom. The van der Waals surface area contributed by atoms with Gasteiger partial charge in [-0.1, -0.05) is 229 Å². The molecule has 0 aliphatic rings. The lowest BCUT2D eigenvalue weighted by atomic mass is 10.0. The largest absolute Gasteiger partial charge is 0.544 e. The summed E-state index contributed by atoms with van der Waals surface area (Å²) >= 11 is 0. The first-order chi connectivity index (χ1) is 32.1. The van der Waals surface area contributed by atoms with E-state index < -0.39 is 18.1 Å². The zero-order chi connectivity index (χ0) is 48.4. The van der Waals surface area contributed by atoms with Gasteiger partial charge in [0.15, 0.2) is 6.10 Å². The van der Waals surface area contributed by atoms with Gasteiger partial charge in [-0.25, -0.2) is 0 Å². The first kappa shape index (κ1) is 63.3. The molecule has 0 aliphatic carbocycles. The maximum Gasteiger partial charge on any atom is 0.306 e. The highest BCUT2D eigenvalue weighted by molar-refractivity contribution is 5.70. The fourth-order valence-electron chi connectivity index (χ4n) is 8.24. The van der Waals surface area contributed by atoms with Crippen molar-refractivity contribution in [3.63, 3.8) is 0 Å². The summed E-state index contributed by atoms with van der Waals surface area (Å²) in [6.07, 6.45) is 60.1. The summed E-state index contributed by atoms with van der Waals surface area (Å²) in [5.41, 5.74) is 0. The van der Waals surface area contributed by atoms with Gasteiger partial charge in [0.1, 0.15) is 12.6 Å². The molecule has 0 aliphatic heterocycles. The Labute approximate surface area is 407 Å². The van der Waals surface area contributed by atoms with Gasteiger partial charge in [-0.3, -0.25) is 9.59 Å². The second kappa shape index (κ2) is 48.7. The third-order valence-corrected chi connectivity index (χ3v) is 12.5. The maximum absolute atomic E-state index is 12.8.